The Balaban J connectivity index is 2.09. The number of amides is 1. The molecule has 2 aromatic heterocycles. The van der Waals surface area contributed by atoms with Crippen molar-refractivity contribution in [2.45, 2.75) is 0 Å². The van der Waals surface area contributed by atoms with E-state index in [1.54, 1.807) is 13.2 Å². The van der Waals surface area contributed by atoms with Gasteiger partial charge >= 0.3 is 0 Å². The summed E-state index contributed by atoms with van der Waals surface area (Å²) in [6, 6.07) is 0. The van der Waals surface area contributed by atoms with E-state index >= 15 is 0 Å². The van der Waals surface area contributed by atoms with E-state index in [0.29, 0.717) is 10.9 Å². The Labute approximate surface area is 110 Å². The molecule has 1 amide bonds. The Hall–Kier alpha value is -1.54. The van der Waals surface area contributed by atoms with Crippen LogP contribution in [0.4, 0.5) is 10.9 Å². The van der Waals surface area contributed by atoms with E-state index in [2.05, 4.69) is 41.5 Å². The smallest absolute Gasteiger partial charge is 0.277 e. The lowest BCUT2D eigenvalue weighted by molar-refractivity contribution is 0.102. The second kappa shape index (κ2) is 5.19. The van der Waals surface area contributed by atoms with Crippen LogP contribution in [0.2, 0.25) is 0 Å². The molecule has 88 valence electrons. The number of hydrogen-bond donors (Lipinski definition) is 2. The highest BCUT2D eigenvalue weighted by Gasteiger charge is 2.10. The van der Waals surface area contributed by atoms with E-state index in [-0.39, 0.29) is 11.6 Å². The van der Waals surface area contributed by atoms with E-state index in [4.69, 9.17) is 0 Å². The standard InChI is InChI=1S/C9H8BrN5OS/c1-11-7-4-12-5(2-13-7)8(16)15-9-14-3-6(10)17-9/h2-4H,1H3,(H,11,13)(H,14,15,16). The summed E-state index contributed by atoms with van der Waals surface area (Å²) in [6.45, 7) is 0. The first-order chi connectivity index (χ1) is 8.19. The summed E-state index contributed by atoms with van der Waals surface area (Å²) in [4.78, 5) is 23.7. The molecule has 2 heterocycles. The average molecular weight is 314 g/mol. The van der Waals surface area contributed by atoms with Crippen LogP contribution in [0, 0.1) is 0 Å². The zero-order chi connectivity index (χ0) is 12.3. The molecule has 0 saturated heterocycles. The number of nitrogens with zero attached hydrogens (tertiary/aromatic N) is 3. The Morgan fingerprint density at radius 3 is 2.65 bits per heavy atom. The van der Waals surface area contributed by atoms with Crippen LogP contribution < -0.4 is 10.6 Å². The molecule has 0 spiro atoms. The van der Waals surface area contributed by atoms with E-state index in [9.17, 15) is 4.79 Å². The van der Waals surface area contributed by atoms with E-state index in [0.717, 1.165) is 3.79 Å². The van der Waals surface area contributed by atoms with E-state index in [1.807, 2.05) is 0 Å². The van der Waals surface area contributed by atoms with Gasteiger partial charge in [-0.2, -0.15) is 0 Å². The highest BCUT2D eigenvalue weighted by atomic mass is 79.9. The minimum Gasteiger partial charge on any atom is -0.372 e. The fourth-order valence-electron chi connectivity index (χ4n) is 1.05. The third-order valence-electron chi connectivity index (χ3n) is 1.84. The van der Waals surface area contributed by atoms with Crippen molar-refractivity contribution in [3.05, 3.63) is 28.1 Å². The van der Waals surface area contributed by atoms with Crippen molar-refractivity contribution >= 4 is 44.1 Å². The summed E-state index contributed by atoms with van der Waals surface area (Å²) in [5.74, 6) is 0.278. The zero-order valence-corrected chi connectivity index (χ0v) is 11.2. The van der Waals surface area contributed by atoms with E-state index in [1.165, 1.54) is 23.7 Å². The Morgan fingerprint density at radius 2 is 2.12 bits per heavy atom. The molecule has 0 aliphatic rings. The van der Waals surface area contributed by atoms with Crippen molar-refractivity contribution in [2.75, 3.05) is 17.7 Å². The predicted octanol–water partition coefficient (Wildman–Crippen LogP) is 1.99. The first kappa shape index (κ1) is 11.9. The quantitative estimate of drug-likeness (QED) is 0.906. The number of carbonyl (C=O) groups is 1. The van der Waals surface area contributed by atoms with Gasteiger partial charge in [0.1, 0.15) is 11.5 Å². The molecule has 17 heavy (non-hydrogen) atoms. The lowest BCUT2D eigenvalue weighted by Gasteiger charge is -2.01. The van der Waals surface area contributed by atoms with Gasteiger partial charge < -0.3 is 5.32 Å². The van der Waals surface area contributed by atoms with E-state index < -0.39 is 0 Å². The summed E-state index contributed by atoms with van der Waals surface area (Å²) in [6.07, 6.45) is 4.52. The molecular formula is C9H8BrN5OS. The maximum Gasteiger partial charge on any atom is 0.277 e. The maximum atomic E-state index is 11.7. The highest BCUT2D eigenvalue weighted by Crippen LogP contribution is 2.23. The van der Waals surface area contributed by atoms with Crippen molar-refractivity contribution in [3.63, 3.8) is 0 Å². The van der Waals surface area contributed by atoms with Crippen LogP contribution in [0.3, 0.4) is 0 Å². The molecule has 2 aromatic rings. The summed E-state index contributed by atoms with van der Waals surface area (Å²) in [5.41, 5.74) is 0.246. The Bertz CT molecular complexity index is 526. The molecule has 0 bridgehead atoms. The number of rotatable bonds is 3. The molecule has 2 rings (SSSR count). The monoisotopic (exact) mass is 313 g/mol. The molecule has 0 aromatic carbocycles. The lowest BCUT2D eigenvalue weighted by Crippen LogP contribution is -2.14. The molecule has 0 fully saturated rings. The van der Waals surface area contributed by atoms with Gasteiger partial charge in [-0.15, -0.1) is 0 Å². The maximum absolute atomic E-state index is 11.7. The summed E-state index contributed by atoms with van der Waals surface area (Å²) >= 11 is 4.60. The molecule has 2 N–H and O–H groups in total. The SMILES string of the molecule is CNc1cnc(C(=O)Nc2ncc(Br)s2)cn1. The van der Waals surface area contributed by atoms with Gasteiger partial charge in [-0.05, 0) is 15.9 Å². The molecule has 0 aliphatic carbocycles. The first-order valence-corrected chi connectivity index (χ1v) is 6.22. The van der Waals surface area contributed by atoms with Crippen molar-refractivity contribution in [3.8, 4) is 0 Å². The third-order valence-corrected chi connectivity index (χ3v) is 3.23. The number of halogens is 1. The van der Waals surface area contributed by atoms with Gasteiger partial charge in [-0.25, -0.2) is 15.0 Å². The number of carbonyl (C=O) groups excluding carboxylic acids is 1. The van der Waals surface area contributed by atoms with Crippen molar-refractivity contribution in [1.29, 1.82) is 0 Å². The highest BCUT2D eigenvalue weighted by molar-refractivity contribution is 9.11. The van der Waals surface area contributed by atoms with Gasteiger partial charge in [0.15, 0.2) is 5.13 Å². The molecule has 6 nitrogen and oxygen atoms in total. The number of thiazole rings is 1. The number of anilines is 2. The first-order valence-electron chi connectivity index (χ1n) is 4.61. The van der Waals surface area contributed by atoms with Crippen LogP contribution in [0.5, 0.6) is 0 Å². The second-order valence-electron chi connectivity index (χ2n) is 2.96. The van der Waals surface area contributed by atoms with Crippen molar-refractivity contribution < 1.29 is 4.79 Å². The Morgan fingerprint density at radius 1 is 1.29 bits per heavy atom. The van der Waals surface area contributed by atoms with Gasteiger partial charge in [0.25, 0.3) is 5.91 Å². The summed E-state index contributed by atoms with van der Waals surface area (Å²) < 4.78 is 0.851. The molecule has 0 saturated carbocycles. The second-order valence-corrected chi connectivity index (χ2v) is 5.37. The van der Waals surface area contributed by atoms with Gasteiger partial charge in [0.05, 0.1) is 22.4 Å². The van der Waals surface area contributed by atoms with Crippen LogP contribution in [0.15, 0.2) is 22.4 Å². The minimum atomic E-state index is -0.331. The third kappa shape index (κ3) is 2.98. The van der Waals surface area contributed by atoms with Crippen LogP contribution >= 0.6 is 27.3 Å². The average Bonchev–Trinajstić information content (AvgIpc) is 2.75. The van der Waals surface area contributed by atoms with Gasteiger partial charge in [0.2, 0.25) is 0 Å². The number of aromatic nitrogens is 3. The Kier molecular flexibility index (Phi) is 3.64. The zero-order valence-electron chi connectivity index (χ0n) is 8.77. The molecule has 8 heteroatoms. The summed E-state index contributed by atoms with van der Waals surface area (Å²) in [7, 11) is 1.73. The van der Waals surface area contributed by atoms with Gasteiger partial charge in [-0.3, -0.25) is 10.1 Å². The van der Waals surface area contributed by atoms with Gasteiger partial charge in [0, 0.05) is 7.05 Å². The fourth-order valence-corrected chi connectivity index (χ4v) is 2.15. The van der Waals surface area contributed by atoms with Crippen molar-refractivity contribution in [1.82, 2.24) is 15.0 Å². The molecule has 0 aliphatic heterocycles. The lowest BCUT2D eigenvalue weighted by atomic mass is 10.4. The van der Waals surface area contributed by atoms with Crippen molar-refractivity contribution in [2.24, 2.45) is 0 Å². The molecule has 0 atom stereocenters. The minimum absolute atomic E-state index is 0.246. The van der Waals surface area contributed by atoms with Gasteiger partial charge in [-0.1, -0.05) is 11.3 Å². The van der Waals surface area contributed by atoms with Crippen LogP contribution in [0.25, 0.3) is 0 Å². The number of hydrogen-bond acceptors (Lipinski definition) is 6. The number of nitrogens with one attached hydrogen (secondary N) is 2. The molecule has 0 radical (unpaired) electrons. The molecule has 0 unspecified atom stereocenters. The summed E-state index contributed by atoms with van der Waals surface area (Å²) in [5, 5.41) is 5.97. The topological polar surface area (TPSA) is 79.8 Å². The van der Waals surface area contributed by atoms with Crippen LogP contribution in [0.1, 0.15) is 10.5 Å². The molecular weight excluding hydrogens is 306 g/mol. The normalized spacial score (nSPS) is 10.0. The predicted molar refractivity (Wildman–Crippen MR) is 69.3 cm³/mol. The van der Waals surface area contributed by atoms with Crippen LogP contribution in [-0.2, 0) is 0 Å². The largest absolute Gasteiger partial charge is 0.372 e. The fraction of sp³-hybridized carbons (Fsp3) is 0.111. The van der Waals surface area contributed by atoms with Crippen LogP contribution in [-0.4, -0.2) is 27.9 Å².